The normalized spacial score (nSPS) is 25.0. The molecule has 0 N–H and O–H groups in total. The van der Waals surface area contributed by atoms with Crippen LogP contribution in [-0.4, -0.2) is 32.7 Å². The molecule has 10 heteroatoms. The molecule has 2 aromatic carbocycles. The van der Waals surface area contributed by atoms with Gasteiger partial charge in [0.25, 0.3) is 23.4 Å². The Kier molecular flexibility index (Phi) is 5.22. The van der Waals surface area contributed by atoms with Gasteiger partial charge in [0.15, 0.2) is 0 Å². The first-order valence-electron chi connectivity index (χ1n) is 10.3. The average molecular weight is 486 g/mol. The molecule has 2 aliphatic carbocycles. The molecule has 5 rings (SSSR count). The third-order valence-corrected chi connectivity index (χ3v) is 7.31. The fourth-order valence-corrected chi connectivity index (χ4v) is 5.44. The van der Waals surface area contributed by atoms with E-state index < -0.39 is 40.2 Å². The molecule has 2 bridgehead atoms. The van der Waals surface area contributed by atoms with Gasteiger partial charge in [-0.25, -0.2) is 5.01 Å². The first-order valence-corrected chi connectivity index (χ1v) is 11.1. The molecule has 2 fully saturated rings. The standard InChI is InChI=1S/C23H17Cl2N3O5/c24-16-8-5-12(9-17(16)25)11-26(21(29)15-3-1-2-4-18(15)28(32)33)27-22(30)19-13-6-7-14(10-13)20(19)23(27)31/h1-9,13-14,19-20H,10-11H2/t13-,14-,19-,20-/m0/s1. The number of rotatable bonds is 5. The minimum absolute atomic E-state index is 0.0468. The number of imide groups is 1. The second kappa shape index (κ2) is 7.97. The summed E-state index contributed by atoms with van der Waals surface area (Å²) in [5.74, 6) is -2.90. The SMILES string of the molecule is O=C(c1ccccc1[N+](=O)[O-])N(Cc1ccc(Cl)c(Cl)c1)N1C(=O)[C@@H]2[C@@H](C1=O)[C@H]1C=C[C@H]2C1. The lowest BCUT2D eigenvalue weighted by molar-refractivity contribution is -0.385. The summed E-state index contributed by atoms with van der Waals surface area (Å²) in [6.45, 7) is -0.193. The lowest BCUT2D eigenvalue weighted by Crippen LogP contribution is -2.50. The summed E-state index contributed by atoms with van der Waals surface area (Å²) in [6, 6.07) is 10.1. The van der Waals surface area contributed by atoms with Crippen molar-refractivity contribution in [2.45, 2.75) is 13.0 Å². The summed E-state index contributed by atoms with van der Waals surface area (Å²) in [7, 11) is 0. The van der Waals surface area contributed by atoms with Crippen LogP contribution in [-0.2, 0) is 16.1 Å². The zero-order valence-electron chi connectivity index (χ0n) is 17.1. The summed E-state index contributed by atoms with van der Waals surface area (Å²) >= 11 is 12.1. The van der Waals surface area contributed by atoms with Crippen LogP contribution in [0.1, 0.15) is 22.3 Å². The lowest BCUT2D eigenvalue weighted by atomic mass is 9.85. The highest BCUT2D eigenvalue weighted by atomic mass is 35.5. The van der Waals surface area contributed by atoms with E-state index in [-0.39, 0.29) is 29.0 Å². The summed E-state index contributed by atoms with van der Waals surface area (Å²) in [6.07, 6.45) is 4.65. The van der Waals surface area contributed by atoms with Gasteiger partial charge in [-0.3, -0.25) is 24.5 Å². The van der Waals surface area contributed by atoms with Crippen LogP contribution in [0.25, 0.3) is 0 Å². The van der Waals surface area contributed by atoms with Gasteiger partial charge in [0, 0.05) is 6.07 Å². The van der Waals surface area contributed by atoms with Crippen LogP contribution in [0.4, 0.5) is 5.69 Å². The van der Waals surface area contributed by atoms with Gasteiger partial charge in [-0.15, -0.1) is 0 Å². The van der Waals surface area contributed by atoms with E-state index in [0.717, 1.165) is 16.4 Å². The van der Waals surface area contributed by atoms with Gasteiger partial charge < -0.3 is 0 Å². The molecule has 0 spiro atoms. The monoisotopic (exact) mass is 485 g/mol. The van der Waals surface area contributed by atoms with E-state index in [1.165, 1.54) is 30.3 Å². The van der Waals surface area contributed by atoms with E-state index in [2.05, 4.69) is 0 Å². The quantitative estimate of drug-likeness (QED) is 0.272. The van der Waals surface area contributed by atoms with Crippen molar-refractivity contribution in [3.05, 3.63) is 85.9 Å². The number of hydrazine groups is 1. The lowest BCUT2D eigenvalue weighted by Gasteiger charge is -2.31. The molecule has 0 aromatic heterocycles. The minimum atomic E-state index is -0.824. The summed E-state index contributed by atoms with van der Waals surface area (Å²) in [4.78, 5) is 51.3. The molecule has 0 radical (unpaired) electrons. The predicted octanol–water partition coefficient (Wildman–Crippen LogP) is 4.27. The van der Waals surface area contributed by atoms with Crippen LogP contribution in [0, 0.1) is 33.8 Å². The fourth-order valence-electron chi connectivity index (χ4n) is 5.12. The number of benzene rings is 2. The smallest absolute Gasteiger partial charge is 0.272 e. The first-order chi connectivity index (χ1) is 15.8. The Morgan fingerprint density at radius 2 is 1.67 bits per heavy atom. The van der Waals surface area contributed by atoms with Gasteiger partial charge in [-0.2, -0.15) is 5.01 Å². The molecule has 1 heterocycles. The molecule has 168 valence electrons. The number of nitro groups is 1. The van der Waals surface area contributed by atoms with Gasteiger partial charge in [0.05, 0.1) is 33.3 Å². The highest BCUT2D eigenvalue weighted by Crippen LogP contribution is 2.53. The van der Waals surface area contributed by atoms with Crippen LogP contribution in [0.3, 0.4) is 0 Å². The fraction of sp³-hybridized carbons (Fsp3) is 0.261. The zero-order valence-corrected chi connectivity index (χ0v) is 18.6. The maximum atomic E-state index is 13.6. The largest absolute Gasteiger partial charge is 0.282 e. The van der Waals surface area contributed by atoms with Gasteiger partial charge >= 0.3 is 0 Å². The highest BCUT2D eigenvalue weighted by Gasteiger charge is 2.61. The molecular formula is C23H17Cl2N3O5. The minimum Gasteiger partial charge on any atom is -0.272 e. The van der Waals surface area contributed by atoms with Crippen molar-refractivity contribution >= 4 is 46.6 Å². The molecule has 1 aliphatic heterocycles. The zero-order chi connectivity index (χ0) is 23.4. The highest BCUT2D eigenvalue weighted by molar-refractivity contribution is 6.42. The number of hydrogen-bond acceptors (Lipinski definition) is 5. The van der Waals surface area contributed by atoms with E-state index in [4.69, 9.17) is 23.2 Å². The van der Waals surface area contributed by atoms with Crippen LogP contribution < -0.4 is 0 Å². The van der Waals surface area contributed by atoms with Crippen LogP contribution in [0.2, 0.25) is 10.0 Å². The Bertz CT molecular complexity index is 1220. The number of allylic oxidation sites excluding steroid dienone is 2. The van der Waals surface area contributed by atoms with Crippen LogP contribution in [0.5, 0.6) is 0 Å². The van der Waals surface area contributed by atoms with E-state index in [0.29, 0.717) is 10.6 Å². The van der Waals surface area contributed by atoms with Crippen molar-refractivity contribution in [1.29, 1.82) is 0 Å². The van der Waals surface area contributed by atoms with Gasteiger partial charge in [0.1, 0.15) is 5.56 Å². The number of carbonyl (C=O) groups excluding carboxylic acids is 3. The van der Waals surface area contributed by atoms with Crippen LogP contribution in [0.15, 0.2) is 54.6 Å². The van der Waals surface area contributed by atoms with Crippen molar-refractivity contribution in [3.8, 4) is 0 Å². The Morgan fingerprint density at radius 3 is 2.27 bits per heavy atom. The molecule has 3 aliphatic rings. The second-order valence-electron chi connectivity index (χ2n) is 8.37. The third-order valence-electron chi connectivity index (χ3n) is 6.57. The Hall–Kier alpha value is -3.23. The number of carbonyl (C=O) groups is 3. The van der Waals surface area contributed by atoms with E-state index in [9.17, 15) is 24.5 Å². The van der Waals surface area contributed by atoms with Crippen molar-refractivity contribution in [3.63, 3.8) is 0 Å². The van der Waals surface area contributed by atoms with E-state index in [1.807, 2.05) is 12.2 Å². The number of hydrogen-bond donors (Lipinski definition) is 0. The van der Waals surface area contributed by atoms with Crippen molar-refractivity contribution in [2.24, 2.45) is 23.7 Å². The summed E-state index contributed by atoms with van der Waals surface area (Å²) < 4.78 is 0. The number of halogens is 2. The number of fused-ring (bicyclic) bond motifs is 5. The maximum Gasteiger partial charge on any atom is 0.282 e. The van der Waals surface area contributed by atoms with Crippen LogP contribution >= 0.6 is 23.2 Å². The van der Waals surface area contributed by atoms with Crippen molar-refractivity contribution < 1.29 is 19.3 Å². The summed E-state index contributed by atoms with van der Waals surface area (Å²) in [5, 5.41) is 14.0. The molecule has 4 atom stereocenters. The van der Waals surface area contributed by atoms with E-state index in [1.54, 1.807) is 12.1 Å². The third kappa shape index (κ3) is 3.41. The first kappa shape index (κ1) is 21.6. The molecule has 8 nitrogen and oxygen atoms in total. The van der Waals surface area contributed by atoms with E-state index >= 15 is 0 Å². The molecule has 33 heavy (non-hydrogen) atoms. The summed E-state index contributed by atoms with van der Waals surface area (Å²) in [5.41, 5.74) is -0.126. The van der Waals surface area contributed by atoms with Crippen molar-refractivity contribution in [1.82, 2.24) is 10.0 Å². The molecule has 3 amide bonds. The Labute approximate surface area is 198 Å². The van der Waals surface area contributed by atoms with Gasteiger partial charge in [-0.1, -0.05) is 53.6 Å². The molecule has 1 saturated carbocycles. The number of amides is 3. The number of nitro benzene ring substituents is 1. The topological polar surface area (TPSA) is 101 Å². The number of para-hydroxylation sites is 1. The van der Waals surface area contributed by atoms with Crippen molar-refractivity contribution in [2.75, 3.05) is 0 Å². The molecular weight excluding hydrogens is 469 g/mol. The number of nitrogens with zero attached hydrogens (tertiary/aromatic N) is 3. The maximum absolute atomic E-state index is 13.6. The van der Waals surface area contributed by atoms with Gasteiger partial charge in [-0.05, 0) is 42.0 Å². The second-order valence-corrected chi connectivity index (χ2v) is 9.19. The molecule has 0 unspecified atom stereocenters. The average Bonchev–Trinajstić information content (AvgIpc) is 3.48. The van der Waals surface area contributed by atoms with Gasteiger partial charge in [0.2, 0.25) is 0 Å². The predicted molar refractivity (Wildman–Crippen MR) is 119 cm³/mol. The molecule has 1 saturated heterocycles. The molecule has 2 aromatic rings. The Balaban J connectivity index is 1.57. The Morgan fingerprint density at radius 1 is 1.03 bits per heavy atom.